The van der Waals surface area contributed by atoms with Crippen LogP contribution in [0.3, 0.4) is 0 Å². The van der Waals surface area contributed by atoms with E-state index in [-0.39, 0.29) is 15.9 Å². The highest BCUT2D eigenvalue weighted by Crippen LogP contribution is 2.63. The van der Waals surface area contributed by atoms with Crippen molar-refractivity contribution in [2.75, 3.05) is 24.7 Å². The average molecular weight is 469 g/mol. The molecule has 2 atom stereocenters. The lowest BCUT2D eigenvalue weighted by atomic mass is 9.81. The number of ether oxygens (including phenoxy) is 1. The Balaban J connectivity index is 1.24. The second kappa shape index (κ2) is 9.51. The molecule has 2 aliphatic rings. The van der Waals surface area contributed by atoms with Crippen molar-refractivity contribution in [1.29, 1.82) is 0 Å². The highest BCUT2D eigenvalue weighted by molar-refractivity contribution is 8.20. The van der Waals surface area contributed by atoms with Gasteiger partial charge in [-0.05, 0) is 24.0 Å². The van der Waals surface area contributed by atoms with Gasteiger partial charge < -0.3 is 20.1 Å². The summed E-state index contributed by atoms with van der Waals surface area (Å²) in [7, 11) is 0. The number of fused-ring (bicyclic) bond motifs is 4. The molecule has 5 nitrogen and oxygen atoms in total. The zero-order valence-electron chi connectivity index (χ0n) is 17.9. The van der Waals surface area contributed by atoms with Crippen LogP contribution >= 0.6 is 23.5 Å². The number of rotatable bonds is 7. The van der Waals surface area contributed by atoms with E-state index in [1.54, 1.807) is 0 Å². The summed E-state index contributed by atoms with van der Waals surface area (Å²) >= 11 is 3.84. The molecule has 32 heavy (non-hydrogen) atoms. The highest BCUT2D eigenvalue weighted by atomic mass is 32.2. The molecule has 1 aliphatic carbocycles. The Morgan fingerprint density at radius 1 is 1.12 bits per heavy atom. The molecule has 2 heterocycles. The Morgan fingerprint density at radius 3 is 2.69 bits per heavy atom. The molecule has 0 saturated carbocycles. The molecule has 2 aromatic carbocycles. The van der Waals surface area contributed by atoms with Crippen molar-refractivity contribution in [1.82, 2.24) is 10.3 Å². The molecule has 1 saturated heterocycles. The smallest absolute Gasteiger partial charge is 0.220 e. The van der Waals surface area contributed by atoms with Gasteiger partial charge in [0.2, 0.25) is 5.91 Å². The average Bonchev–Trinajstić information content (AvgIpc) is 3.44. The highest BCUT2D eigenvalue weighted by Gasteiger charge is 2.52. The molecule has 3 aromatic rings. The van der Waals surface area contributed by atoms with Gasteiger partial charge in [0, 0.05) is 46.6 Å². The van der Waals surface area contributed by atoms with E-state index in [2.05, 4.69) is 22.4 Å². The molecule has 5 rings (SSSR count). The van der Waals surface area contributed by atoms with Crippen molar-refractivity contribution >= 4 is 40.3 Å². The lowest BCUT2D eigenvalue weighted by Gasteiger charge is -2.41. The maximum absolute atomic E-state index is 12.8. The molecule has 7 heteroatoms. The molecule has 168 valence electrons. The predicted molar refractivity (Wildman–Crippen MR) is 132 cm³/mol. The second-order valence-electron chi connectivity index (χ2n) is 8.36. The summed E-state index contributed by atoms with van der Waals surface area (Å²) in [5.74, 6) is 2.21. The molecule has 1 aliphatic heterocycles. The molecular formula is C25H28N2O3S2. The third-order valence-electron chi connectivity index (χ3n) is 6.30. The Kier molecular flexibility index (Phi) is 6.51. The molecule has 3 N–H and O–H groups in total. The summed E-state index contributed by atoms with van der Waals surface area (Å²) in [5.41, 5.74) is 4.31. The zero-order chi connectivity index (χ0) is 22.0. The summed E-state index contributed by atoms with van der Waals surface area (Å²) in [6, 6.07) is 18.2. The van der Waals surface area contributed by atoms with Crippen LogP contribution in [0.1, 0.15) is 35.8 Å². The van der Waals surface area contributed by atoms with Crippen LogP contribution in [-0.4, -0.2) is 40.7 Å². The number of amides is 1. The molecule has 1 amide bonds. The van der Waals surface area contributed by atoms with Gasteiger partial charge in [-0.1, -0.05) is 48.5 Å². The van der Waals surface area contributed by atoms with Crippen molar-refractivity contribution in [2.24, 2.45) is 5.92 Å². The number of H-pyrrole nitrogens is 1. The predicted octanol–water partition coefficient (Wildman–Crippen LogP) is 4.58. The van der Waals surface area contributed by atoms with Crippen LogP contribution in [0.25, 0.3) is 10.9 Å². The van der Waals surface area contributed by atoms with Gasteiger partial charge in [0.05, 0.1) is 19.3 Å². The Hall–Kier alpha value is -1.93. The topological polar surface area (TPSA) is 74.3 Å². The van der Waals surface area contributed by atoms with Gasteiger partial charge in [-0.25, -0.2) is 0 Å². The summed E-state index contributed by atoms with van der Waals surface area (Å²) in [5, 5.41) is 15.2. The van der Waals surface area contributed by atoms with Crippen molar-refractivity contribution in [3.05, 3.63) is 71.4 Å². The number of aliphatic hydroxyl groups excluding tert-OH is 1. The fraction of sp³-hybridized carbons (Fsp3) is 0.400. The SMILES string of the molecule is O=C(CC1CC(O)c2c([nH]c3ccccc23)C12SCCS2)NCCOCc1ccccc1. The van der Waals surface area contributed by atoms with Crippen LogP contribution in [0.15, 0.2) is 54.6 Å². The van der Waals surface area contributed by atoms with Gasteiger partial charge in [-0.2, -0.15) is 0 Å². The molecule has 1 spiro atoms. The summed E-state index contributed by atoms with van der Waals surface area (Å²) < 4.78 is 5.48. The number of benzene rings is 2. The third kappa shape index (κ3) is 4.19. The van der Waals surface area contributed by atoms with Crippen LogP contribution in [0, 0.1) is 5.92 Å². The van der Waals surface area contributed by atoms with E-state index in [1.807, 2.05) is 66.0 Å². The summed E-state index contributed by atoms with van der Waals surface area (Å²) in [4.78, 5) is 16.4. The molecule has 0 bridgehead atoms. The molecule has 1 aromatic heterocycles. The van der Waals surface area contributed by atoms with Crippen LogP contribution in [0.2, 0.25) is 0 Å². The Bertz CT molecular complexity index is 1080. The summed E-state index contributed by atoms with van der Waals surface area (Å²) in [6.45, 7) is 1.52. The van der Waals surface area contributed by atoms with E-state index in [9.17, 15) is 9.90 Å². The van der Waals surface area contributed by atoms with E-state index >= 15 is 0 Å². The number of hydrogen-bond acceptors (Lipinski definition) is 5. The minimum Gasteiger partial charge on any atom is -0.388 e. The van der Waals surface area contributed by atoms with Crippen LogP contribution in [0.4, 0.5) is 0 Å². The van der Waals surface area contributed by atoms with Gasteiger partial charge in [-0.3, -0.25) is 4.79 Å². The number of carbonyl (C=O) groups excluding carboxylic acids is 1. The van der Waals surface area contributed by atoms with Crippen molar-refractivity contribution in [3.8, 4) is 0 Å². The van der Waals surface area contributed by atoms with E-state index in [4.69, 9.17) is 4.74 Å². The lowest BCUT2D eigenvalue weighted by Crippen LogP contribution is -2.38. The number of carbonyl (C=O) groups is 1. The Morgan fingerprint density at radius 2 is 1.88 bits per heavy atom. The van der Waals surface area contributed by atoms with Crippen LogP contribution in [0.5, 0.6) is 0 Å². The van der Waals surface area contributed by atoms with Crippen LogP contribution < -0.4 is 5.32 Å². The van der Waals surface area contributed by atoms with Crippen molar-refractivity contribution < 1.29 is 14.6 Å². The number of aromatic amines is 1. The van der Waals surface area contributed by atoms with Crippen LogP contribution in [-0.2, 0) is 20.2 Å². The van der Waals surface area contributed by atoms with Gasteiger partial charge in [0.25, 0.3) is 0 Å². The first-order chi connectivity index (χ1) is 15.7. The normalized spacial score (nSPS) is 21.7. The molecular weight excluding hydrogens is 440 g/mol. The number of aliphatic hydroxyl groups is 1. The minimum absolute atomic E-state index is 0.0255. The van der Waals surface area contributed by atoms with Gasteiger partial charge in [-0.15, -0.1) is 23.5 Å². The standard InChI is InChI=1S/C25H28N2O3S2/c28-21-14-18(15-22(29)26-10-11-30-16-17-6-2-1-3-7-17)25(31-12-13-32-25)24-23(21)19-8-4-5-9-20(19)27-24/h1-9,18,21,27-28H,10-16H2,(H,26,29). The van der Waals surface area contributed by atoms with Gasteiger partial charge in [0.1, 0.15) is 4.08 Å². The van der Waals surface area contributed by atoms with E-state index < -0.39 is 6.10 Å². The fourth-order valence-electron chi connectivity index (χ4n) is 4.88. The van der Waals surface area contributed by atoms with E-state index in [1.165, 1.54) is 0 Å². The monoisotopic (exact) mass is 468 g/mol. The van der Waals surface area contributed by atoms with Gasteiger partial charge in [0.15, 0.2) is 0 Å². The van der Waals surface area contributed by atoms with Crippen molar-refractivity contribution in [3.63, 3.8) is 0 Å². The maximum atomic E-state index is 12.8. The number of nitrogens with one attached hydrogen (secondary N) is 2. The quantitative estimate of drug-likeness (QED) is 0.443. The first-order valence-electron chi connectivity index (χ1n) is 11.1. The zero-order valence-corrected chi connectivity index (χ0v) is 19.5. The number of aromatic nitrogens is 1. The lowest BCUT2D eigenvalue weighted by molar-refractivity contribution is -0.122. The number of para-hydroxylation sites is 1. The molecule has 1 fully saturated rings. The van der Waals surface area contributed by atoms with Crippen molar-refractivity contribution in [2.45, 2.75) is 29.6 Å². The minimum atomic E-state index is -0.555. The second-order valence-corrected chi connectivity index (χ2v) is 11.3. The first kappa shape index (κ1) is 21.9. The molecule has 0 radical (unpaired) electrons. The fourth-order valence-corrected chi connectivity index (χ4v) is 8.43. The third-order valence-corrected chi connectivity index (χ3v) is 10.0. The molecule has 2 unspecified atom stereocenters. The number of thioether (sulfide) groups is 2. The number of hydrogen-bond donors (Lipinski definition) is 3. The van der Waals surface area contributed by atoms with E-state index in [0.29, 0.717) is 32.6 Å². The van der Waals surface area contributed by atoms with E-state index in [0.717, 1.165) is 39.2 Å². The summed E-state index contributed by atoms with van der Waals surface area (Å²) in [6.07, 6.45) is 0.456. The maximum Gasteiger partial charge on any atom is 0.220 e. The van der Waals surface area contributed by atoms with Gasteiger partial charge >= 0.3 is 0 Å². The first-order valence-corrected chi connectivity index (χ1v) is 13.1. The Labute approximate surface area is 196 Å². The largest absolute Gasteiger partial charge is 0.388 e.